The summed E-state index contributed by atoms with van der Waals surface area (Å²) in [6, 6.07) is 7.40. The molecule has 8 nitrogen and oxygen atoms in total. The van der Waals surface area contributed by atoms with E-state index in [0.717, 1.165) is 17.6 Å². The highest BCUT2D eigenvalue weighted by atomic mass is 16.5. The third-order valence-electron chi connectivity index (χ3n) is 5.00. The largest absolute Gasteiger partial charge is 0.469 e. The number of nitrogens with zero attached hydrogens (tertiary/aromatic N) is 5. The number of ether oxygens (including phenoxy) is 1. The van der Waals surface area contributed by atoms with Crippen molar-refractivity contribution in [3.8, 4) is 11.5 Å². The summed E-state index contributed by atoms with van der Waals surface area (Å²) in [4.78, 5) is 24.7. The van der Waals surface area contributed by atoms with Crippen molar-refractivity contribution in [1.82, 2.24) is 24.5 Å². The SMILES string of the molecule is CCCn1nc(-c2nnc3n2CC(C(=O)OC)CC3)c2ccccc2c1=O. The van der Waals surface area contributed by atoms with Crippen molar-refractivity contribution < 1.29 is 9.53 Å². The quantitative estimate of drug-likeness (QED) is 0.653. The normalized spacial score (nSPS) is 16.3. The fraction of sp³-hybridized carbons (Fsp3) is 0.421. The zero-order valence-electron chi connectivity index (χ0n) is 15.4. The molecule has 3 heterocycles. The molecule has 140 valence electrons. The highest BCUT2D eigenvalue weighted by Gasteiger charge is 2.30. The Morgan fingerprint density at radius 3 is 2.78 bits per heavy atom. The standard InChI is InChI=1S/C19H21N5O3/c1-3-10-24-18(25)14-7-5-4-6-13(14)16(22-24)17-21-20-15-9-8-12(11-23(15)17)19(26)27-2/h4-7,12H,3,8-11H2,1-2H3. The van der Waals surface area contributed by atoms with Gasteiger partial charge in [0.25, 0.3) is 5.56 Å². The maximum Gasteiger partial charge on any atom is 0.310 e. The van der Waals surface area contributed by atoms with Crippen molar-refractivity contribution in [2.75, 3.05) is 7.11 Å². The van der Waals surface area contributed by atoms with Crippen LogP contribution >= 0.6 is 0 Å². The number of carbonyl (C=O) groups is 1. The van der Waals surface area contributed by atoms with Crippen LogP contribution in [0.4, 0.5) is 0 Å². The van der Waals surface area contributed by atoms with Gasteiger partial charge >= 0.3 is 5.97 Å². The Morgan fingerprint density at radius 2 is 2.04 bits per heavy atom. The molecule has 0 fully saturated rings. The smallest absolute Gasteiger partial charge is 0.310 e. The van der Waals surface area contributed by atoms with E-state index in [1.807, 2.05) is 29.7 Å². The number of benzene rings is 1. The summed E-state index contributed by atoms with van der Waals surface area (Å²) in [7, 11) is 1.40. The van der Waals surface area contributed by atoms with E-state index in [4.69, 9.17) is 4.74 Å². The second-order valence-corrected chi connectivity index (χ2v) is 6.73. The van der Waals surface area contributed by atoms with E-state index in [1.54, 1.807) is 6.07 Å². The molecule has 1 unspecified atom stereocenters. The first-order valence-corrected chi connectivity index (χ1v) is 9.14. The average molecular weight is 367 g/mol. The first-order chi connectivity index (χ1) is 13.1. The molecule has 0 saturated heterocycles. The molecule has 1 atom stereocenters. The summed E-state index contributed by atoms with van der Waals surface area (Å²) in [6.07, 6.45) is 2.14. The predicted octanol–water partition coefficient (Wildman–Crippen LogP) is 1.80. The van der Waals surface area contributed by atoms with Crippen molar-refractivity contribution in [2.24, 2.45) is 5.92 Å². The molecule has 0 aliphatic carbocycles. The first kappa shape index (κ1) is 17.4. The molecule has 0 bridgehead atoms. The van der Waals surface area contributed by atoms with Crippen LogP contribution in [0, 0.1) is 5.92 Å². The Morgan fingerprint density at radius 1 is 1.26 bits per heavy atom. The Bertz CT molecular complexity index is 1070. The van der Waals surface area contributed by atoms with E-state index < -0.39 is 0 Å². The van der Waals surface area contributed by atoms with Gasteiger partial charge in [-0.05, 0) is 18.9 Å². The third-order valence-corrected chi connectivity index (χ3v) is 5.00. The fourth-order valence-electron chi connectivity index (χ4n) is 3.63. The first-order valence-electron chi connectivity index (χ1n) is 9.14. The van der Waals surface area contributed by atoms with E-state index in [1.165, 1.54) is 11.8 Å². The number of aromatic nitrogens is 5. The second-order valence-electron chi connectivity index (χ2n) is 6.73. The molecule has 3 aromatic rings. The lowest BCUT2D eigenvalue weighted by molar-refractivity contribution is -0.146. The molecule has 8 heteroatoms. The maximum absolute atomic E-state index is 12.7. The van der Waals surface area contributed by atoms with Gasteiger partial charge in [-0.25, -0.2) is 4.68 Å². The van der Waals surface area contributed by atoms with Crippen LogP contribution in [-0.4, -0.2) is 37.6 Å². The highest BCUT2D eigenvalue weighted by Crippen LogP contribution is 2.28. The number of carbonyl (C=O) groups excluding carboxylic acids is 1. The summed E-state index contributed by atoms with van der Waals surface area (Å²) >= 11 is 0. The van der Waals surface area contributed by atoms with Crippen LogP contribution < -0.4 is 5.56 Å². The van der Waals surface area contributed by atoms with Crippen LogP contribution in [0.25, 0.3) is 22.3 Å². The maximum atomic E-state index is 12.7. The number of fused-ring (bicyclic) bond motifs is 2. The second kappa shape index (κ2) is 6.94. The van der Waals surface area contributed by atoms with Crippen LogP contribution in [0.5, 0.6) is 0 Å². The number of hydrogen-bond donors (Lipinski definition) is 0. The van der Waals surface area contributed by atoms with Gasteiger partial charge in [0.2, 0.25) is 0 Å². The van der Waals surface area contributed by atoms with Crippen molar-refractivity contribution >= 4 is 16.7 Å². The Balaban J connectivity index is 1.89. The zero-order valence-corrected chi connectivity index (χ0v) is 15.4. The minimum Gasteiger partial charge on any atom is -0.469 e. The number of rotatable bonds is 4. The van der Waals surface area contributed by atoms with Crippen molar-refractivity contribution in [1.29, 1.82) is 0 Å². The summed E-state index contributed by atoms with van der Waals surface area (Å²) < 4.78 is 8.33. The van der Waals surface area contributed by atoms with Gasteiger partial charge in [-0.2, -0.15) is 5.10 Å². The molecule has 0 saturated carbocycles. The van der Waals surface area contributed by atoms with Gasteiger partial charge in [-0.3, -0.25) is 9.59 Å². The number of methoxy groups -OCH3 is 1. The predicted molar refractivity (Wildman–Crippen MR) is 99.1 cm³/mol. The lowest BCUT2D eigenvalue weighted by Gasteiger charge is -2.22. The molecule has 0 N–H and O–H groups in total. The van der Waals surface area contributed by atoms with Crippen LogP contribution in [0.1, 0.15) is 25.6 Å². The third kappa shape index (κ3) is 2.90. The lowest BCUT2D eigenvalue weighted by atomic mass is 9.99. The molecule has 0 amide bonds. The van der Waals surface area contributed by atoms with Crippen molar-refractivity contribution in [3.63, 3.8) is 0 Å². The van der Waals surface area contributed by atoms with Crippen molar-refractivity contribution in [3.05, 3.63) is 40.4 Å². The van der Waals surface area contributed by atoms with Gasteiger partial charge in [0.05, 0.1) is 18.4 Å². The lowest BCUT2D eigenvalue weighted by Crippen LogP contribution is -2.29. The molecule has 0 radical (unpaired) electrons. The van der Waals surface area contributed by atoms with Gasteiger partial charge in [-0.15, -0.1) is 10.2 Å². The Kier molecular flexibility index (Phi) is 4.47. The summed E-state index contributed by atoms with van der Waals surface area (Å²) in [5, 5.41) is 14.6. The van der Waals surface area contributed by atoms with E-state index in [0.29, 0.717) is 42.8 Å². The molecule has 1 aromatic carbocycles. The van der Waals surface area contributed by atoms with Gasteiger partial charge in [0.15, 0.2) is 5.82 Å². The summed E-state index contributed by atoms with van der Waals surface area (Å²) in [6.45, 7) is 2.98. The van der Waals surface area contributed by atoms with Crippen LogP contribution in [0.2, 0.25) is 0 Å². The van der Waals surface area contributed by atoms with E-state index in [2.05, 4.69) is 15.3 Å². The average Bonchev–Trinajstić information content (AvgIpc) is 3.12. The monoisotopic (exact) mass is 367 g/mol. The van der Waals surface area contributed by atoms with Gasteiger partial charge in [-0.1, -0.05) is 25.1 Å². The molecular weight excluding hydrogens is 346 g/mol. The van der Waals surface area contributed by atoms with Crippen molar-refractivity contribution in [2.45, 2.75) is 39.3 Å². The molecule has 0 spiro atoms. The van der Waals surface area contributed by atoms with E-state index in [-0.39, 0.29) is 17.4 Å². The Labute approximate surface area is 155 Å². The molecular formula is C19H21N5O3. The molecule has 27 heavy (non-hydrogen) atoms. The number of hydrogen-bond acceptors (Lipinski definition) is 6. The number of aryl methyl sites for hydroxylation is 2. The molecule has 1 aliphatic rings. The Hall–Kier alpha value is -3.03. The zero-order chi connectivity index (χ0) is 19.0. The topological polar surface area (TPSA) is 91.9 Å². The van der Waals surface area contributed by atoms with E-state index in [9.17, 15) is 9.59 Å². The molecule has 1 aliphatic heterocycles. The highest BCUT2D eigenvalue weighted by molar-refractivity contribution is 5.92. The molecule has 4 rings (SSSR count). The van der Waals surface area contributed by atoms with E-state index >= 15 is 0 Å². The minimum atomic E-state index is -0.231. The number of esters is 1. The van der Waals surface area contributed by atoms with Gasteiger partial charge in [0.1, 0.15) is 11.5 Å². The van der Waals surface area contributed by atoms with Crippen LogP contribution in [0.15, 0.2) is 29.1 Å². The van der Waals surface area contributed by atoms with Gasteiger partial charge < -0.3 is 9.30 Å². The van der Waals surface area contributed by atoms with Gasteiger partial charge in [0, 0.05) is 24.9 Å². The fourth-order valence-corrected chi connectivity index (χ4v) is 3.63. The molecule has 2 aromatic heterocycles. The summed E-state index contributed by atoms with van der Waals surface area (Å²) in [5.41, 5.74) is 0.505. The van der Waals surface area contributed by atoms with Crippen LogP contribution in [0.3, 0.4) is 0 Å². The van der Waals surface area contributed by atoms with Crippen LogP contribution in [-0.2, 0) is 29.0 Å². The summed E-state index contributed by atoms with van der Waals surface area (Å²) in [5.74, 6) is 0.947. The minimum absolute atomic E-state index is 0.109.